The molecule has 5 nitrogen and oxygen atoms in total. The van der Waals surface area contributed by atoms with Gasteiger partial charge in [0, 0.05) is 12.7 Å². The fraction of sp³-hybridized carbons (Fsp3) is 0.385. The first-order chi connectivity index (χ1) is 10.9. The highest BCUT2D eigenvalue weighted by Gasteiger charge is 2.37. The summed E-state index contributed by atoms with van der Waals surface area (Å²) < 4.78 is 80.7. The molecule has 134 valence electrons. The third-order valence-electron chi connectivity index (χ3n) is 2.79. The number of carboxylic acid groups (broad SMARTS) is 1. The normalized spacial score (nSPS) is 13.5. The quantitative estimate of drug-likeness (QED) is 0.793. The largest absolute Gasteiger partial charge is 0.480 e. The predicted octanol–water partition coefficient (Wildman–Crippen LogP) is 2.55. The number of amides is 1. The maximum absolute atomic E-state index is 12.7. The summed E-state index contributed by atoms with van der Waals surface area (Å²) in [4.78, 5) is 22.7. The van der Waals surface area contributed by atoms with Gasteiger partial charge in [0.25, 0.3) is 5.91 Å². The van der Waals surface area contributed by atoms with Gasteiger partial charge in [-0.05, 0) is 18.2 Å². The molecule has 0 aromatic heterocycles. The second kappa shape index (κ2) is 7.07. The number of hydrogen-bond donors (Lipinski definition) is 2. The van der Waals surface area contributed by atoms with Crippen molar-refractivity contribution in [2.75, 3.05) is 13.7 Å². The van der Waals surface area contributed by atoms with Crippen molar-refractivity contribution in [2.24, 2.45) is 0 Å². The van der Waals surface area contributed by atoms with Gasteiger partial charge in [0.15, 0.2) is 6.04 Å². The van der Waals surface area contributed by atoms with Crippen LogP contribution in [0.5, 0.6) is 0 Å². The Morgan fingerprint density at radius 3 is 1.88 bits per heavy atom. The Hall–Kier alpha value is -2.30. The highest BCUT2D eigenvalue weighted by atomic mass is 19.4. The Labute approximate surface area is 131 Å². The summed E-state index contributed by atoms with van der Waals surface area (Å²) in [5.74, 6) is -2.97. The molecule has 1 atom stereocenters. The molecule has 24 heavy (non-hydrogen) atoms. The van der Waals surface area contributed by atoms with Gasteiger partial charge in [-0.2, -0.15) is 26.3 Å². The Bertz CT molecular complexity index is 594. The van der Waals surface area contributed by atoms with E-state index in [1.807, 2.05) is 0 Å². The Balaban J connectivity index is 3.26. The summed E-state index contributed by atoms with van der Waals surface area (Å²) in [7, 11) is 1.11. The third-order valence-corrected chi connectivity index (χ3v) is 2.79. The Kier molecular flexibility index (Phi) is 5.82. The SMILES string of the molecule is COCC(NC(=O)c1cc(C(F)(F)F)cc(C(F)(F)F)c1)C(=O)O. The first-order valence-electron chi connectivity index (χ1n) is 6.18. The number of aliphatic carboxylic acids is 1. The van der Waals surface area contributed by atoms with Crippen molar-refractivity contribution in [3.63, 3.8) is 0 Å². The molecule has 1 aromatic carbocycles. The van der Waals surface area contributed by atoms with Crippen LogP contribution in [0.4, 0.5) is 26.3 Å². The van der Waals surface area contributed by atoms with Gasteiger partial charge in [0.2, 0.25) is 0 Å². The molecule has 0 fully saturated rings. The van der Waals surface area contributed by atoms with Crippen LogP contribution in [-0.2, 0) is 21.9 Å². The van der Waals surface area contributed by atoms with E-state index in [4.69, 9.17) is 5.11 Å². The number of hydrogen-bond acceptors (Lipinski definition) is 3. The minimum absolute atomic E-state index is 0.138. The van der Waals surface area contributed by atoms with Gasteiger partial charge < -0.3 is 15.2 Å². The van der Waals surface area contributed by atoms with Crippen LogP contribution in [0, 0.1) is 0 Å². The molecule has 11 heteroatoms. The maximum Gasteiger partial charge on any atom is 0.416 e. The van der Waals surface area contributed by atoms with E-state index in [1.54, 1.807) is 5.32 Å². The molecule has 0 saturated carbocycles. The zero-order chi connectivity index (χ0) is 18.7. The second-order valence-electron chi connectivity index (χ2n) is 4.61. The molecule has 0 aliphatic carbocycles. The lowest BCUT2D eigenvalue weighted by atomic mass is 10.0. The van der Waals surface area contributed by atoms with E-state index in [-0.39, 0.29) is 18.2 Å². The van der Waals surface area contributed by atoms with Crippen molar-refractivity contribution in [2.45, 2.75) is 18.4 Å². The molecular weight excluding hydrogens is 348 g/mol. The molecule has 0 radical (unpaired) electrons. The smallest absolute Gasteiger partial charge is 0.416 e. The van der Waals surface area contributed by atoms with Crippen molar-refractivity contribution in [1.29, 1.82) is 0 Å². The number of rotatable bonds is 5. The van der Waals surface area contributed by atoms with Crippen molar-refractivity contribution in [3.8, 4) is 0 Å². The van der Waals surface area contributed by atoms with Gasteiger partial charge >= 0.3 is 18.3 Å². The average Bonchev–Trinajstić information content (AvgIpc) is 2.44. The van der Waals surface area contributed by atoms with Gasteiger partial charge in [0.05, 0.1) is 17.7 Å². The van der Waals surface area contributed by atoms with E-state index < -0.39 is 53.6 Å². The topological polar surface area (TPSA) is 75.6 Å². The third kappa shape index (κ3) is 5.11. The highest BCUT2D eigenvalue weighted by molar-refractivity contribution is 5.97. The van der Waals surface area contributed by atoms with E-state index in [9.17, 15) is 35.9 Å². The minimum atomic E-state index is -5.12. The Morgan fingerprint density at radius 2 is 1.54 bits per heavy atom. The zero-order valence-corrected chi connectivity index (χ0v) is 12.0. The zero-order valence-electron chi connectivity index (χ0n) is 12.0. The molecule has 0 aliphatic heterocycles. The molecule has 0 heterocycles. The lowest BCUT2D eigenvalue weighted by molar-refractivity contribution is -0.143. The molecule has 1 rings (SSSR count). The number of carbonyl (C=O) groups is 2. The predicted molar refractivity (Wildman–Crippen MR) is 67.2 cm³/mol. The van der Waals surface area contributed by atoms with Gasteiger partial charge in [-0.1, -0.05) is 0 Å². The van der Waals surface area contributed by atoms with Crippen molar-refractivity contribution < 1.29 is 45.8 Å². The van der Waals surface area contributed by atoms with Crippen molar-refractivity contribution >= 4 is 11.9 Å². The number of carboxylic acids is 1. The summed E-state index contributed by atoms with van der Waals surface area (Å²) >= 11 is 0. The second-order valence-corrected chi connectivity index (χ2v) is 4.61. The first-order valence-corrected chi connectivity index (χ1v) is 6.18. The fourth-order valence-electron chi connectivity index (χ4n) is 1.67. The van der Waals surface area contributed by atoms with Crippen LogP contribution in [0.25, 0.3) is 0 Å². The van der Waals surface area contributed by atoms with Gasteiger partial charge in [-0.3, -0.25) is 4.79 Å². The highest BCUT2D eigenvalue weighted by Crippen LogP contribution is 2.36. The Morgan fingerprint density at radius 1 is 1.08 bits per heavy atom. The number of carbonyl (C=O) groups excluding carboxylic acids is 1. The number of alkyl halides is 6. The standard InChI is InChI=1S/C13H11F6NO4/c1-24-5-9(11(22)23)20-10(21)6-2-7(12(14,15)16)4-8(3-6)13(17,18)19/h2-4,9H,5H2,1H3,(H,20,21)(H,22,23). The van der Waals surface area contributed by atoms with E-state index in [0.29, 0.717) is 0 Å². The first kappa shape index (κ1) is 19.7. The lowest BCUT2D eigenvalue weighted by Gasteiger charge is -2.16. The van der Waals surface area contributed by atoms with Crippen LogP contribution in [0.15, 0.2) is 18.2 Å². The van der Waals surface area contributed by atoms with Crippen molar-refractivity contribution in [3.05, 3.63) is 34.9 Å². The van der Waals surface area contributed by atoms with Crippen LogP contribution in [0.2, 0.25) is 0 Å². The van der Waals surface area contributed by atoms with Crippen LogP contribution in [0.3, 0.4) is 0 Å². The number of benzene rings is 1. The molecule has 0 spiro atoms. The number of methoxy groups -OCH3 is 1. The molecule has 0 aliphatic rings. The van der Waals surface area contributed by atoms with E-state index in [1.165, 1.54) is 0 Å². The summed E-state index contributed by atoms with van der Waals surface area (Å²) in [6.07, 6.45) is -10.2. The maximum atomic E-state index is 12.7. The van der Waals surface area contributed by atoms with Crippen LogP contribution in [0.1, 0.15) is 21.5 Å². The molecule has 1 aromatic rings. The fourth-order valence-corrected chi connectivity index (χ4v) is 1.67. The van der Waals surface area contributed by atoms with E-state index in [0.717, 1.165) is 7.11 Å². The average molecular weight is 359 g/mol. The molecule has 2 N–H and O–H groups in total. The molecule has 0 saturated heterocycles. The molecule has 0 bridgehead atoms. The number of halogens is 6. The van der Waals surface area contributed by atoms with Gasteiger partial charge in [0.1, 0.15) is 0 Å². The molecular formula is C13H11F6NO4. The number of nitrogens with one attached hydrogen (secondary N) is 1. The van der Waals surface area contributed by atoms with Gasteiger partial charge in [-0.15, -0.1) is 0 Å². The van der Waals surface area contributed by atoms with Crippen LogP contribution < -0.4 is 5.32 Å². The molecule has 1 unspecified atom stereocenters. The summed E-state index contributed by atoms with van der Waals surface area (Å²) in [5, 5.41) is 10.6. The van der Waals surface area contributed by atoms with E-state index in [2.05, 4.69) is 4.74 Å². The summed E-state index contributed by atoms with van der Waals surface area (Å²) in [5.41, 5.74) is -4.33. The van der Waals surface area contributed by atoms with E-state index >= 15 is 0 Å². The number of ether oxygens (including phenoxy) is 1. The summed E-state index contributed by atoms with van der Waals surface area (Å²) in [6, 6.07) is -1.36. The van der Waals surface area contributed by atoms with Crippen molar-refractivity contribution in [1.82, 2.24) is 5.32 Å². The molecule has 1 amide bonds. The minimum Gasteiger partial charge on any atom is -0.480 e. The van der Waals surface area contributed by atoms with Crippen LogP contribution >= 0.6 is 0 Å². The monoisotopic (exact) mass is 359 g/mol. The lowest BCUT2D eigenvalue weighted by Crippen LogP contribution is -2.43. The van der Waals surface area contributed by atoms with Gasteiger partial charge in [-0.25, -0.2) is 4.79 Å². The summed E-state index contributed by atoms with van der Waals surface area (Å²) in [6.45, 7) is -0.522. The van der Waals surface area contributed by atoms with Crippen LogP contribution in [-0.4, -0.2) is 36.7 Å².